The van der Waals surface area contributed by atoms with E-state index in [0.29, 0.717) is 10.6 Å². The first-order valence-electron chi connectivity index (χ1n) is 9.58. The van der Waals surface area contributed by atoms with Gasteiger partial charge in [0.2, 0.25) is 0 Å². The van der Waals surface area contributed by atoms with Gasteiger partial charge in [0, 0.05) is 17.5 Å². The van der Waals surface area contributed by atoms with Crippen LogP contribution in [-0.4, -0.2) is 27.3 Å². The first-order chi connectivity index (χ1) is 14.7. The number of para-hydroxylation sites is 1. The van der Waals surface area contributed by atoms with E-state index in [0.717, 1.165) is 21.2 Å². The van der Waals surface area contributed by atoms with Crippen molar-refractivity contribution >= 4 is 38.9 Å². The van der Waals surface area contributed by atoms with Gasteiger partial charge in [0.1, 0.15) is 0 Å². The number of nitrogens with one attached hydrogen (secondary N) is 2. The van der Waals surface area contributed by atoms with E-state index in [-0.39, 0.29) is 10.5 Å². The van der Waals surface area contributed by atoms with Crippen LogP contribution >= 0.6 is 11.3 Å². The molecule has 0 saturated carbocycles. The van der Waals surface area contributed by atoms with Gasteiger partial charge in [-0.15, -0.1) is 11.3 Å². The van der Waals surface area contributed by atoms with E-state index in [2.05, 4.69) is 10.9 Å². The van der Waals surface area contributed by atoms with Crippen molar-refractivity contribution in [1.29, 1.82) is 0 Å². The predicted molar refractivity (Wildman–Crippen MR) is 122 cm³/mol. The average Bonchev–Trinajstić information content (AvgIpc) is 3.18. The number of anilines is 1. The smallest absolute Gasteiger partial charge is 0.269 e. The number of carbonyl (C=O) groups is 2. The molecule has 0 aliphatic carbocycles. The zero-order chi connectivity index (χ0) is 22.6. The summed E-state index contributed by atoms with van der Waals surface area (Å²) in [4.78, 5) is 26.4. The molecule has 162 valence electrons. The summed E-state index contributed by atoms with van der Waals surface area (Å²) >= 11 is 1.37. The molecular weight excluding hydrogens is 434 g/mol. The van der Waals surface area contributed by atoms with Crippen molar-refractivity contribution in [2.75, 3.05) is 11.4 Å². The second-order valence-electron chi connectivity index (χ2n) is 6.81. The lowest BCUT2D eigenvalue weighted by Crippen LogP contribution is -2.41. The third-order valence-corrected chi connectivity index (χ3v) is 7.89. The van der Waals surface area contributed by atoms with Crippen molar-refractivity contribution in [1.82, 2.24) is 10.9 Å². The van der Waals surface area contributed by atoms with Crippen molar-refractivity contribution in [3.05, 3.63) is 81.5 Å². The van der Waals surface area contributed by atoms with Gasteiger partial charge in [-0.1, -0.05) is 31.2 Å². The number of aryl methyl sites for hydroxylation is 2. The van der Waals surface area contributed by atoms with Gasteiger partial charge in [0.05, 0.1) is 15.5 Å². The van der Waals surface area contributed by atoms with Crippen LogP contribution in [0.5, 0.6) is 0 Å². The number of sulfonamides is 1. The molecule has 9 heteroatoms. The van der Waals surface area contributed by atoms with Crippen LogP contribution < -0.4 is 15.2 Å². The zero-order valence-corrected chi connectivity index (χ0v) is 19.0. The molecule has 0 bridgehead atoms. The lowest BCUT2D eigenvalue weighted by atomic mass is 10.2. The Hall–Kier alpha value is -3.17. The number of hydrogen-bond acceptors (Lipinski definition) is 5. The van der Waals surface area contributed by atoms with Crippen LogP contribution in [0, 0.1) is 6.92 Å². The minimum Gasteiger partial charge on any atom is -0.269 e. The van der Waals surface area contributed by atoms with Crippen molar-refractivity contribution in [3.63, 3.8) is 0 Å². The average molecular weight is 458 g/mol. The Balaban J connectivity index is 1.73. The molecule has 1 aromatic heterocycles. The summed E-state index contributed by atoms with van der Waals surface area (Å²) in [7, 11) is -2.41. The fraction of sp³-hybridized carbons (Fsp3) is 0.182. The number of carbonyl (C=O) groups excluding carboxylic acids is 2. The maximum Gasteiger partial charge on any atom is 0.279 e. The van der Waals surface area contributed by atoms with Crippen LogP contribution in [0.2, 0.25) is 0 Å². The first-order valence-corrected chi connectivity index (χ1v) is 11.8. The van der Waals surface area contributed by atoms with Gasteiger partial charge in [-0.2, -0.15) is 0 Å². The molecule has 2 amide bonds. The second-order valence-corrected chi connectivity index (χ2v) is 9.92. The van der Waals surface area contributed by atoms with Crippen molar-refractivity contribution in [2.45, 2.75) is 25.2 Å². The highest BCUT2D eigenvalue weighted by Crippen LogP contribution is 2.23. The van der Waals surface area contributed by atoms with E-state index >= 15 is 0 Å². The Kier molecular flexibility index (Phi) is 6.77. The zero-order valence-electron chi connectivity index (χ0n) is 17.4. The van der Waals surface area contributed by atoms with Gasteiger partial charge in [0.15, 0.2) is 0 Å². The fourth-order valence-electron chi connectivity index (χ4n) is 2.96. The topological polar surface area (TPSA) is 95.6 Å². The Bertz CT molecular complexity index is 1200. The molecule has 2 N–H and O–H groups in total. The highest BCUT2D eigenvalue weighted by Gasteiger charge is 2.22. The SMILES string of the molecule is CCc1sc(C(=O)NNC(=O)c2cccc(S(=O)(=O)N(C)c3ccccc3)c2)cc1C. The Morgan fingerprint density at radius 3 is 2.29 bits per heavy atom. The maximum absolute atomic E-state index is 12.9. The van der Waals surface area contributed by atoms with Crippen LogP contribution in [0.3, 0.4) is 0 Å². The fourth-order valence-corrected chi connectivity index (χ4v) is 5.21. The van der Waals surface area contributed by atoms with Gasteiger partial charge in [-0.25, -0.2) is 8.42 Å². The van der Waals surface area contributed by atoms with Crippen LogP contribution in [-0.2, 0) is 16.4 Å². The van der Waals surface area contributed by atoms with Gasteiger partial charge in [-0.3, -0.25) is 24.7 Å². The second kappa shape index (κ2) is 9.32. The van der Waals surface area contributed by atoms with E-state index in [1.807, 2.05) is 13.8 Å². The number of benzene rings is 2. The molecule has 0 aliphatic heterocycles. The van der Waals surface area contributed by atoms with Crippen LogP contribution in [0.15, 0.2) is 65.6 Å². The Morgan fingerprint density at radius 1 is 0.968 bits per heavy atom. The lowest BCUT2D eigenvalue weighted by molar-refractivity contribution is 0.0848. The Morgan fingerprint density at radius 2 is 1.65 bits per heavy atom. The van der Waals surface area contributed by atoms with Crippen LogP contribution in [0.4, 0.5) is 5.69 Å². The van der Waals surface area contributed by atoms with Gasteiger partial charge < -0.3 is 0 Å². The summed E-state index contributed by atoms with van der Waals surface area (Å²) in [5, 5.41) is 0. The van der Waals surface area contributed by atoms with Gasteiger partial charge in [-0.05, 0) is 55.3 Å². The largest absolute Gasteiger partial charge is 0.279 e. The molecule has 2 aromatic carbocycles. The molecule has 3 rings (SSSR count). The number of thiophene rings is 1. The van der Waals surface area contributed by atoms with Gasteiger partial charge in [0.25, 0.3) is 21.8 Å². The summed E-state index contributed by atoms with van der Waals surface area (Å²) < 4.78 is 27.0. The standard InChI is InChI=1S/C22H23N3O4S2/c1-4-19-15(2)13-20(30-19)22(27)24-23-21(26)16-9-8-12-18(14-16)31(28,29)25(3)17-10-6-5-7-11-17/h5-14H,4H2,1-3H3,(H,23,26)(H,24,27). The summed E-state index contributed by atoms with van der Waals surface area (Å²) in [6.07, 6.45) is 0.828. The quantitative estimate of drug-likeness (QED) is 0.554. The minimum absolute atomic E-state index is 0.0284. The third-order valence-electron chi connectivity index (χ3n) is 4.73. The monoisotopic (exact) mass is 457 g/mol. The molecular formula is C22H23N3O4S2. The number of rotatable bonds is 6. The van der Waals surface area contributed by atoms with Crippen molar-refractivity contribution < 1.29 is 18.0 Å². The predicted octanol–water partition coefficient (Wildman–Crippen LogP) is 3.52. The van der Waals surface area contributed by atoms with E-state index in [1.165, 1.54) is 42.6 Å². The molecule has 0 unspecified atom stereocenters. The van der Waals surface area contributed by atoms with E-state index < -0.39 is 21.8 Å². The number of nitrogens with zero attached hydrogens (tertiary/aromatic N) is 1. The summed E-state index contributed by atoms with van der Waals surface area (Å²) in [5.41, 5.74) is 6.37. The van der Waals surface area contributed by atoms with Crippen molar-refractivity contribution in [3.8, 4) is 0 Å². The summed E-state index contributed by atoms with van der Waals surface area (Å²) in [6, 6.07) is 16.1. The molecule has 3 aromatic rings. The van der Waals surface area contributed by atoms with Crippen LogP contribution in [0.1, 0.15) is 37.4 Å². The molecule has 0 fully saturated rings. The summed E-state index contributed by atoms with van der Waals surface area (Å²) in [5.74, 6) is -1.04. The summed E-state index contributed by atoms with van der Waals surface area (Å²) in [6.45, 7) is 3.95. The molecule has 1 heterocycles. The van der Waals surface area contributed by atoms with E-state index in [4.69, 9.17) is 0 Å². The molecule has 0 aliphatic rings. The van der Waals surface area contributed by atoms with Crippen LogP contribution in [0.25, 0.3) is 0 Å². The minimum atomic E-state index is -3.86. The van der Waals surface area contributed by atoms with E-state index in [1.54, 1.807) is 36.4 Å². The number of hydrogen-bond donors (Lipinski definition) is 2. The van der Waals surface area contributed by atoms with Gasteiger partial charge >= 0.3 is 0 Å². The number of amides is 2. The highest BCUT2D eigenvalue weighted by atomic mass is 32.2. The lowest BCUT2D eigenvalue weighted by Gasteiger charge is -2.19. The molecule has 31 heavy (non-hydrogen) atoms. The third kappa shape index (κ3) is 4.95. The molecule has 0 saturated heterocycles. The molecule has 0 spiro atoms. The first kappa shape index (κ1) is 22.5. The number of hydrazine groups is 1. The molecule has 0 radical (unpaired) electrons. The van der Waals surface area contributed by atoms with E-state index in [9.17, 15) is 18.0 Å². The molecule has 0 atom stereocenters. The highest BCUT2D eigenvalue weighted by molar-refractivity contribution is 7.92. The molecule has 7 nitrogen and oxygen atoms in total. The Labute approximate surface area is 185 Å². The normalized spacial score (nSPS) is 11.1. The van der Waals surface area contributed by atoms with Crippen molar-refractivity contribution in [2.24, 2.45) is 0 Å². The maximum atomic E-state index is 12.9.